The maximum absolute atomic E-state index is 13.8. The molecule has 1 aliphatic heterocycles. The second-order valence-electron chi connectivity index (χ2n) is 10.3. The number of aryl methyl sites for hydroxylation is 1. The molecule has 2 heterocycles. The van der Waals surface area contributed by atoms with Crippen molar-refractivity contribution in [2.45, 2.75) is 56.9 Å². The molecular formula is C29H37N3O. The summed E-state index contributed by atoms with van der Waals surface area (Å²) in [5.74, 6) is 0.618. The highest BCUT2D eigenvalue weighted by molar-refractivity contribution is 5.87. The van der Waals surface area contributed by atoms with Gasteiger partial charge in [-0.25, -0.2) is 0 Å². The van der Waals surface area contributed by atoms with E-state index >= 15 is 0 Å². The van der Waals surface area contributed by atoms with E-state index in [0.29, 0.717) is 5.91 Å². The minimum atomic E-state index is -0.266. The zero-order valence-corrected chi connectivity index (χ0v) is 20.1. The van der Waals surface area contributed by atoms with Crippen LogP contribution in [0.15, 0.2) is 54.6 Å². The van der Waals surface area contributed by atoms with Gasteiger partial charge in [0, 0.05) is 35.6 Å². The van der Waals surface area contributed by atoms with Gasteiger partial charge in [-0.15, -0.1) is 0 Å². The van der Waals surface area contributed by atoms with E-state index in [9.17, 15) is 4.79 Å². The molecular weight excluding hydrogens is 406 g/mol. The molecule has 0 radical (unpaired) electrons. The molecule has 0 spiro atoms. The predicted octanol–water partition coefficient (Wildman–Crippen LogP) is 5.52. The molecule has 1 fully saturated rings. The Bertz CT molecular complexity index is 1100. The molecule has 1 amide bonds. The number of aromatic amines is 1. The monoisotopic (exact) mass is 443 g/mol. The van der Waals surface area contributed by atoms with Crippen molar-refractivity contribution in [3.63, 3.8) is 0 Å². The van der Waals surface area contributed by atoms with Crippen molar-refractivity contribution < 1.29 is 4.79 Å². The largest absolute Gasteiger partial charge is 0.356 e. The van der Waals surface area contributed by atoms with Crippen molar-refractivity contribution in [2.75, 3.05) is 27.2 Å². The predicted molar refractivity (Wildman–Crippen MR) is 135 cm³/mol. The molecule has 1 saturated carbocycles. The fraction of sp³-hybridized carbons (Fsp3) is 0.483. The average Bonchev–Trinajstić information content (AvgIpc) is 3.17. The first kappa shape index (κ1) is 22.2. The summed E-state index contributed by atoms with van der Waals surface area (Å²) < 4.78 is 0. The van der Waals surface area contributed by atoms with Crippen molar-refractivity contribution in [1.82, 2.24) is 14.8 Å². The Kier molecular flexibility index (Phi) is 6.29. The molecule has 1 atom stereocenters. The van der Waals surface area contributed by atoms with E-state index in [-0.39, 0.29) is 11.5 Å². The number of nitrogens with one attached hydrogen (secondary N) is 1. The number of benzene rings is 2. The second-order valence-corrected chi connectivity index (χ2v) is 10.3. The normalized spacial score (nSPS) is 20.8. The lowest BCUT2D eigenvalue weighted by Crippen LogP contribution is -2.56. The number of nitrogens with zero attached hydrogens (tertiary/aromatic N) is 2. The highest BCUT2D eigenvalue weighted by Crippen LogP contribution is 2.46. The van der Waals surface area contributed by atoms with Gasteiger partial charge in [-0.1, -0.05) is 55.0 Å². The number of H-pyrrole nitrogens is 1. The van der Waals surface area contributed by atoms with Gasteiger partial charge in [0.05, 0.1) is 5.54 Å². The van der Waals surface area contributed by atoms with Gasteiger partial charge in [0.1, 0.15) is 0 Å². The molecule has 4 nitrogen and oxygen atoms in total. The summed E-state index contributed by atoms with van der Waals surface area (Å²) in [7, 11) is 4.29. The van der Waals surface area contributed by atoms with Crippen LogP contribution in [0.3, 0.4) is 0 Å². The number of hydrogen-bond donors (Lipinski definition) is 1. The molecule has 0 bridgehead atoms. The third-order valence-electron chi connectivity index (χ3n) is 7.97. The van der Waals surface area contributed by atoms with E-state index in [0.717, 1.165) is 58.0 Å². The molecule has 1 aromatic heterocycles. The first-order valence-corrected chi connectivity index (χ1v) is 12.7. The van der Waals surface area contributed by atoms with E-state index in [1.165, 1.54) is 34.1 Å². The lowest BCUT2D eigenvalue weighted by Gasteiger charge is -2.50. The molecule has 2 aromatic carbocycles. The smallest absolute Gasteiger partial charge is 0.226 e. The average molecular weight is 444 g/mol. The van der Waals surface area contributed by atoms with Crippen molar-refractivity contribution in [3.8, 4) is 0 Å². The van der Waals surface area contributed by atoms with Crippen LogP contribution in [0.4, 0.5) is 0 Å². The Morgan fingerprint density at radius 1 is 1.06 bits per heavy atom. The van der Waals surface area contributed by atoms with Gasteiger partial charge in [-0.3, -0.25) is 4.79 Å². The molecule has 174 valence electrons. The standard InChI is InChI=1S/C29H37N3O/c1-31(2)21-19-29(18-9-12-22-10-4-3-5-11-22)27-25(24-15-6-7-16-26(24)30-27)17-20-32(29)28(33)23-13-8-14-23/h3-7,10-11,15-16,23,30H,8-9,12-14,17-21H2,1-2H3. The van der Waals surface area contributed by atoms with E-state index in [2.05, 4.69) is 83.5 Å². The summed E-state index contributed by atoms with van der Waals surface area (Å²) >= 11 is 0. The number of carbonyl (C=O) groups excluding carboxylic acids is 1. The lowest BCUT2D eigenvalue weighted by molar-refractivity contribution is -0.147. The SMILES string of the molecule is CN(C)CCC1(CCCc2ccccc2)c2[nH]c3ccccc3c2CCN1C(=O)C1CCC1. The van der Waals surface area contributed by atoms with Crippen LogP contribution in [0.1, 0.15) is 55.3 Å². The molecule has 33 heavy (non-hydrogen) atoms. The summed E-state index contributed by atoms with van der Waals surface area (Å²) in [5.41, 5.74) is 5.06. The molecule has 1 unspecified atom stereocenters. The first-order chi connectivity index (χ1) is 16.1. The maximum atomic E-state index is 13.8. The van der Waals surface area contributed by atoms with Crippen molar-refractivity contribution >= 4 is 16.8 Å². The Morgan fingerprint density at radius 3 is 2.55 bits per heavy atom. The van der Waals surface area contributed by atoms with Crippen molar-refractivity contribution in [3.05, 3.63) is 71.4 Å². The van der Waals surface area contributed by atoms with Gasteiger partial charge in [0.2, 0.25) is 5.91 Å². The minimum Gasteiger partial charge on any atom is -0.356 e. The van der Waals surface area contributed by atoms with Crippen LogP contribution < -0.4 is 0 Å². The number of carbonyl (C=O) groups is 1. The first-order valence-electron chi connectivity index (χ1n) is 12.7. The van der Waals surface area contributed by atoms with Crippen LogP contribution in [-0.2, 0) is 23.2 Å². The van der Waals surface area contributed by atoms with Gasteiger partial charge in [-0.05, 0) is 76.2 Å². The van der Waals surface area contributed by atoms with Crippen molar-refractivity contribution in [2.24, 2.45) is 5.92 Å². The highest BCUT2D eigenvalue weighted by Gasteiger charge is 2.48. The van der Waals surface area contributed by atoms with Gasteiger partial charge < -0.3 is 14.8 Å². The van der Waals surface area contributed by atoms with Gasteiger partial charge in [0.25, 0.3) is 0 Å². The van der Waals surface area contributed by atoms with Crippen LogP contribution in [0.2, 0.25) is 0 Å². The second kappa shape index (κ2) is 9.34. The fourth-order valence-corrected chi connectivity index (χ4v) is 5.91. The van der Waals surface area contributed by atoms with Crippen LogP contribution in [0.25, 0.3) is 10.9 Å². The van der Waals surface area contributed by atoms with Gasteiger partial charge >= 0.3 is 0 Å². The number of aromatic nitrogens is 1. The number of fused-ring (bicyclic) bond motifs is 3. The number of para-hydroxylation sites is 1. The summed E-state index contributed by atoms with van der Waals surface area (Å²) in [4.78, 5) is 22.2. The number of amides is 1. The van der Waals surface area contributed by atoms with E-state index in [1.807, 2.05) is 0 Å². The maximum Gasteiger partial charge on any atom is 0.226 e. The molecule has 2 aliphatic rings. The zero-order valence-electron chi connectivity index (χ0n) is 20.1. The third kappa shape index (κ3) is 4.21. The van der Waals surface area contributed by atoms with Crippen LogP contribution >= 0.6 is 0 Å². The minimum absolute atomic E-state index is 0.226. The Morgan fingerprint density at radius 2 is 1.82 bits per heavy atom. The number of hydrogen-bond acceptors (Lipinski definition) is 2. The molecule has 0 saturated heterocycles. The topological polar surface area (TPSA) is 39.3 Å². The summed E-state index contributed by atoms with van der Waals surface area (Å²) in [6, 6.07) is 19.5. The Balaban J connectivity index is 1.55. The van der Waals surface area contributed by atoms with Gasteiger partial charge in [-0.2, -0.15) is 0 Å². The lowest BCUT2D eigenvalue weighted by atomic mass is 9.75. The zero-order chi connectivity index (χ0) is 22.8. The Labute approximate surface area is 198 Å². The number of rotatable bonds is 8. The summed E-state index contributed by atoms with van der Waals surface area (Å²) in [6.07, 6.45) is 8.33. The van der Waals surface area contributed by atoms with Gasteiger partial charge in [0.15, 0.2) is 0 Å². The highest BCUT2D eigenvalue weighted by atomic mass is 16.2. The molecule has 1 N–H and O–H groups in total. The Hall–Kier alpha value is -2.59. The van der Waals surface area contributed by atoms with E-state index < -0.39 is 0 Å². The van der Waals surface area contributed by atoms with E-state index in [4.69, 9.17) is 0 Å². The third-order valence-corrected chi connectivity index (χ3v) is 7.97. The van der Waals surface area contributed by atoms with Crippen molar-refractivity contribution in [1.29, 1.82) is 0 Å². The molecule has 5 rings (SSSR count). The quantitative estimate of drug-likeness (QED) is 0.498. The fourth-order valence-electron chi connectivity index (χ4n) is 5.91. The summed E-state index contributed by atoms with van der Waals surface area (Å²) in [6.45, 7) is 1.80. The summed E-state index contributed by atoms with van der Waals surface area (Å²) in [5, 5.41) is 1.33. The molecule has 1 aliphatic carbocycles. The molecule has 4 heteroatoms. The molecule has 3 aromatic rings. The van der Waals surface area contributed by atoms with Crippen LogP contribution in [-0.4, -0.2) is 47.9 Å². The van der Waals surface area contributed by atoms with Crippen LogP contribution in [0, 0.1) is 5.92 Å². The van der Waals surface area contributed by atoms with Crippen LogP contribution in [0.5, 0.6) is 0 Å². The van der Waals surface area contributed by atoms with E-state index in [1.54, 1.807) is 0 Å².